The Hall–Kier alpha value is -2.11. The number of hydrogen-bond acceptors (Lipinski definition) is 4. The summed E-state index contributed by atoms with van der Waals surface area (Å²) in [5.41, 5.74) is 0.708. The second kappa shape index (κ2) is 5.94. The Morgan fingerprint density at radius 1 is 1.32 bits per heavy atom. The van der Waals surface area contributed by atoms with Gasteiger partial charge in [0.05, 0.1) is 29.1 Å². The molecule has 3 aromatic rings. The minimum Gasteiger partial charge on any atom is -0.465 e. The van der Waals surface area contributed by atoms with E-state index in [0.29, 0.717) is 21.5 Å². The lowest BCUT2D eigenvalue weighted by atomic mass is 10.1. The van der Waals surface area contributed by atoms with E-state index in [4.69, 9.17) is 16.3 Å². The highest BCUT2D eigenvalue weighted by Gasteiger charge is 2.20. The van der Waals surface area contributed by atoms with Gasteiger partial charge in [-0.05, 0) is 29.0 Å². The number of esters is 1. The average molecular weight is 336 g/mol. The van der Waals surface area contributed by atoms with Gasteiger partial charge in [-0.3, -0.25) is 0 Å². The SMILES string of the molecule is COC(=O)c1cc2cscc2c(F)c1Nc1ccccc1Cl. The van der Waals surface area contributed by atoms with Crippen LogP contribution in [-0.4, -0.2) is 13.1 Å². The van der Waals surface area contributed by atoms with Crippen LogP contribution in [0.1, 0.15) is 10.4 Å². The lowest BCUT2D eigenvalue weighted by molar-refractivity contribution is 0.0601. The van der Waals surface area contributed by atoms with E-state index < -0.39 is 11.8 Å². The van der Waals surface area contributed by atoms with Gasteiger partial charge in [0.25, 0.3) is 0 Å². The zero-order chi connectivity index (χ0) is 15.7. The van der Waals surface area contributed by atoms with Crippen LogP contribution in [0.15, 0.2) is 41.1 Å². The molecule has 0 bridgehead atoms. The molecule has 112 valence electrons. The number of benzene rings is 2. The minimum atomic E-state index is -0.610. The Morgan fingerprint density at radius 3 is 2.82 bits per heavy atom. The van der Waals surface area contributed by atoms with Crippen LogP contribution in [0.3, 0.4) is 0 Å². The molecule has 0 unspecified atom stereocenters. The van der Waals surface area contributed by atoms with E-state index in [1.807, 2.05) is 0 Å². The number of fused-ring (bicyclic) bond motifs is 1. The standard InChI is InChI=1S/C16H11ClFNO2S/c1-21-16(20)10-6-9-7-22-8-11(9)14(18)15(10)19-13-5-3-2-4-12(13)17/h2-8,19H,1H3. The van der Waals surface area contributed by atoms with Crippen LogP contribution < -0.4 is 5.32 Å². The smallest absolute Gasteiger partial charge is 0.340 e. The molecule has 0 aliphatic heterocycles. The second-order valence-electron chi connectivity index (χ2n) is 4.58. The summed E-state index contributed by atoms with van der Waals surface area (Å²) in [7, 11) is 1.26. The molecule has 1 N–H and O–H groups in total. The fraction of sp³-hybridized carbons (Fsp3) is 0.0625. The van der Waals surface area contributed by atoms with Crippen LogP contribution in [0.2, 0.25) is 5.02 Å². The van der Waals surface area contributed by atoms with Crippen LogP contribution in [0, 0.1) is 5.82 Å². The summed E-state index contributed by atoms with van der Waals surface area (Å²) in [6, 6.07) is 8.55. The largest absolute Gasteiger partial charge is 0.465 e. The molecule has 0 saturated carbocycles. The predicted octanol–water partition coefficient (Wildman–Crippen LogP) is 5.22. The van der Waals surface area contributed by atoms with E-state index in [1.54, 1.807) is 41.1 Å². The Labute approximate surface area is 135 Å². The number of ether oxygens (including phenoxy) is 1. The van der Waals surface area contributed by atoms with Crippen molar-refractivity contribution < 1.29 is 13.9 Å². The van der Waals surface area contributed by atoms with Gasteiger partial charge in [0.15, 0.2) is 5.82 Å². The van der Waals surface area contributed by atoms with Crippen LogP contribution in [0.25, 0.3) is 10.8 Å². The summed E-state index contributed by atoms with van der Waals surface area (Å²) in [5.74, 6) is -1.11. The van der Waals surface area contributed by atoms with Gasteiger partial charge in [-0.2, -0.15) is 11.3 Å². The van der Waals surface area contributed by atoms with Gasteiger partial charge in [0.1, 0.15) is 0 Å². The van der Waals surface area contributed by atoms with Gasteiger partial charge in [0, 0.05) is 10.8 Å². The van der Waals surface area contributed by atoms with E-state index in [2.05, 4.69) is 5.32 Å². The molecule has 1 aromatic heterocycles. The first kappa shape index (κ1) is 14.8. The van der Waals surface area contributed by atoms with Gasteiger partial charge in [-0.1, -0.05) is 23.7 Å². The van der Waals surface area contributed by atoms with Crippen LogP contribution in [0.4, 0.5) is 15.8 Å². The molecule has 2 aromatic carbocycles. The third-order valence-corrected chi connectivity index (χ3v) is 4.35. The minimum absolute atomic E-state index is 0.0610. The molecule has 1 heterocycles. The third-order valence-electron chi connectivity index (χ3n) is 3.26. The number of para-hydroxylation sites is 1. The Morgan fingerprint density at radius 2 is 2.09 bits per heavy atom. The molecule has 0 aliphatic carbocycles. The number of anilines is 2. The maximum atomic E-state index is 14.8. The van der Waals surface area contributed by atoms with Gasteiger partial charge in [-0.15, -0.1) is 0 Å². The molecular formula is C16H11ClFNO2S. The normalized spacial score (nSPS) is 10.7. The quantitative estimate of drug-likeness (QED) is 0.666. The molecule has 3 nitrogen and oxygen atoms in total. The fourth-order valence-corrected chi connectivity index (χ4v) is 3.14. The molecule has 3 rings (SSSR count). The number of methoxy groups -OCH3 is 1. The summed E-state index contributed by atoms with van der Waals surface area (Å²) < 4.78 is 19.5. The highest BCUT2D eigenvalue weighted by molar-refractivity contribution is 7.09. The van der Waals surface area contributed by atoms with Gasteiger partial charge < -0.3 is 10.1 Å². The number of halogens is 2. The predicted molar refractivity (Wildman–Crippen MR) is 87.9 cm³/mol. The summed E-state index contributed by atoms with van der Waals surface area (Å²) in [4.78, 5) is 12.0. The molecular weight excluding hydrogens is 325 g/mol. The number of hydrogen-bond donors (Lipinski definition) is 1. The molecule has 0 saturated heterocycles. The Balaban J connectivity index is 2.19. The van der Waals surface area contributed by atoms with Crippen LogP contribution in [0.5, 0.6) is 0 Å². The number of carbonyl (C=O) groups is 1. The zero-order valence-electron chi connectivity index (χ0n) is 11.5. The number of carbonyl (C=O) groups excluding carboxylic acids is 1. The van der Waals surface area contributed by atoms with Crippen LogP contribution >= 0.6 is 22.9 Å². The summed E-state index contributed by atoms with van der Waals surface area (Å²) >= 11 is 7.46. The average Bonchev–Trinajstić information content (AvgIpc) is 2.99. The highest BCUT2D eigenvalue weighted by atomic mass is 35.5. The van der Waals surface area contributed by atoms with Crippen molar-refractivity contribution in [3.8, 4) is 0 Å². The lowest BCUT2D eigenvalue weighted by Crippen LogP contribution is -2.08. The van der Waals surface area contributed by atoms with Gasteiger partial charge in [-0.25, -0.2) is 9.18 Å². The van der Waals surface area contributed by atoms with Crippen molar-refractivity contribution in [3.05, 3.63) is 57.5 Å². The summed E-state index contributed by atoms with van der Waals surface area (Å²) in [6.45, 7) is 0. The van der Waals surface area contributed by atoms with Crippen molar-refractivity contribution in [2.75, 3.05) is 12.4 Å². The molecule has 0 fully saturated rings. The zero-order valence-corrected chi connectivity index (χ0v) is 13.1. The summed E-state index contributed by atoms with van der Waals surface area (Å²) in [5, 5.41) is 7.93. The molecule has 6 heteroatoms. The van der Waals surface area contributed by atoms with E-state index in [-0.39, 0.29) is 11.3 Å². The Bertz CT molecular complexity index is 862. The van der Waals surface area contributed by atoms with Crippen molar-refractivity contribution >= 4 is 51.1 Å². The Kier molecular flexibility index (Phi) is 4.00. The third kappa shape index (κ3) is 2.53. The number of thiophene rings is 1. The van der Waals surface area contributed by atoms with Crippen molar-refractivity contribution in [3.63, 3.8) is 0 Å². The number of rotatable bonds is 3. The maximum absolute atomic E-state index is 14.8. The number of nitrogens with one attached hydrogen (secondary N) is 1. The lowest BCUT2D eigenvalue weighted by Gasteiger charge is -2.14. The molecule has 22 heavy (non-hydrogen) atoms. The van der Waals surface area contributed by atoms with E-state index >= 15 is 0 Å². The maximum Gasteiger partial charge on any atom is 0.340 e. The second-order valence-corrected chi connectivity index (χ2v) is 5.73. The van der Waals surface area contributed by atoms with Crippen LogP contribution in [-0.2, 0) is 4.74 Å². The molecule has 0 amide bonds. The van der Waals surface area contributed by atoms with E-state index in [0.717, 1.165) is 0 Å². The topological polar surface area (TPSA) is 38.3 Å². The molecule has 0 radical (unpaired) electrons. The first-order valence-electron chi connectivity index (χ1n) is 6.40. The van der Waals surface area contributed by atoms with Crippen molar-refractivity contribution in [2.24, 2.45) is 0 Å². The van der Waals surface area contributed by atoms with Gasteiger partial charge in [0.2, 0.25) is 0 Å². The van der Waals surface area contributed by atoms with E-state index in [1.165, 1.54) is 18.4 Å². The highest BCUT2D eigenvalue weighted by Crippen LogP contribution is 2.35. The molecule has 0 atom stereocenters. The first-order valence-corrected chi connectivity index (χ1v) is 7.72. The fourth-order valence-electron chi connectivity index (χ4n) is 2.17. The van der Waals surface area contributed by atoms with Crippen molar-refractivity contribution in [1.29, 1.82) is 0 Å². The van der Waals surface area contributed by atoms with Gasteiger partial charge >= 0.3 is 5.97 Å². The monoisotopic (exact) mass is 335 g/mol. The first-order chi connectivity index (χ1) is 10.6. The van der Waals surface area contributed by atoms with Crippen molar-refractivity contribution in [2.45, 2.75) is 0 Å². The molecule has 0 aliphatic rings. The van der Waals surface area contributed by atoms with E-state index in [9.17, 15) is 9.18 Å². The summed E-state index contributed by atoms with van der Waals surface area (Å²) in [6.07, 6.45) is 0. The van der Waals surface area contributed by atoms with Crippen molar-refractivity contribution in [1.82, 2.24) is 0 Å². The molecule has 0 spiro atoms.